The molecule has 1 fully saturated rings. The van der Waals surface area contributed by atoms with Crippen LogP contribution in [0.15, 0.2) is 24.3 Å². The Hall–Kier alpha value is -1.63. The molecular formula is C19H31ClN4O2+2. The van der Waals surface area contributed by atoms with Crippen molar-refractivity contribution in [1.29, 1.82) is 0 Å². The van der Waals surface area contributed by atoms with Crippen LogP contribution in [-0.4, -0.2) is 69.1 Å². The van der Waals surface area contributed by atoms with E-state index in [0.717, 1.165) is 37.7 Å². The minimum atomic E-state index is -0.0880. The average Bonchev–Trinajstić information content (AvgIpc) is 2.63. The summed E-state index contributed by atoms with van der Waals surface area (Å²) >= 11 is 5.94. The molecule has 1 saturated heterocycles. The van der Waals surface area contributed by atoms with Gasteiger partial charge in [0.25, 0.3) is 5.91 Å². The third-order valence-corrected chi connectivity index (χ3v) is 5.13. The third-order valence-electron chi connectivity index (χ3n) is 4.88. The second-order valence-corrected chi connectivity index (χ2v) is 7.28. The van der Waals surface area contributed by atoms with E-state index >= 15 is 0 Å². The summed E-state index contributed by atoms with van der Waals surface area (Å²) < 4.78 is 0. The summed E-state index contributed by atoms with van der Waals surface area (Å²) in [4.78, 5) is 28.7. The summed E-state index contributed by atoms with van der Waals surface area (Å²) in [6.45, 7) is 10.6. The lowest BCUT2D eigenvalue weighted by molar-refractivity contribution is -1.02. The zero-order valence-corrected chi connectivity index (χ0v) is 16.6. The molecule has 0 aliphatic carbocycles. The molecule has 1 heterocycles. The molecule has 0 atom stereocenters. The van der Waals surface area contributed by atoms with Gasteiger partial charge in [-0.3, -0.25) is 9.59 Å². The first-order valence-electron chi connectivity index (χ1n) is 9.47. The van der Waals surface area contributed by atoms with Gasteiger partial charge in [-0.25, -0.2) is 0 Å². The highest BCUT2D eigenvalue weighted by Gasteiger charge is 2.27. The first-order chi connectivity index (χ1) is 12.5. The van der Waals surface area contributed by atoms with Crippen LogP contribution >= 0.6 is 11.6 Å². The maximum atomic E-state index is 12.5. The largest absolute Gasteiger partial charge is 0.355 e. The number of nitrogens with one attached hydrogen (secondary N) is 3. The van der Waals surface area contributed by atoms with Crippen molar-refractivity contribution < 1.29 is 19.4 Å². The summed E-state index contributed by atoms with van der Waals surface area (Å²) in [5.74, 6) is -0.0233. The number of piperazine rings is 1. The molecule has 0 spiro atoms. The number of carbonyl (C=O) groups excluding carboxylic acids is 2. The van der Waals surface area contributed by atoms with Crippen molar-refractivity contribution >= 4 is 23.4 Å². The highest BCUT2D eigenvalue weighted by molar-refractivity contribution is 6.30. The molecule has 26 heavy (non-hydrogen) atoms. The van der Waals surface area contributed by atoms with Crippen molar-refractivity contribution in [1.82, 2.24) is 10.2 Å². The van der Waals surface area contributed by atoms with Gasteiger partial charge >= 0.3 is 0 Å². The molecule has 2 rings (SSSR count). The minimum absolute atomic E-state index is 0.0647. The predicted molar refractivity (Wildman–Crippen MR) is 102 cm³/mol. The molecule has 2 amide bonds. The van der Waals surface area contributed by atoms with E-state index in [1.54, 1.807) is 4.90 Å². The Labute approximate surface area is 161 Å². The summed E-state index contributed by atoms with van der Waals surface area (Å²) in [6, 6.07) is 8.03. The van der Waals surface area contributed by atoms with Crippen molar-refractivity contribution in [3.05, 3.63) is 34.9 Å². The summed E-state index contributed by atoms with van der Waals surface area (Å²) in [6.07, 6.45) is 0. The highest BCUT2D eigenvalue weighted by atomic mass is 35.5. The molecule has 0 radical (unpaired) electrons. The normalized spacial score (nSPS) is 19.8. The van der Waals surface area contributed by atoms with Gasteiger partial charge in [0.05, 0.1) is 6.54 Å². The average molecular weight is 383 g/mol. The van der Waals surface area contributed by atoms with Crippen molar-refractivity contribution in [2.24, 2.45) is 0 Å². The second kappa shape index (κ2) is 10.5. The molecule has 144 valence electrons. The van der Waals surface area contributed by atoms with Crippen LogP contribution in [0.3, 0.4) is 0 Å². The summed E-state index contributed by atoms with van der Waals surface area (Å²) in [7, 11) is 0. The number of rotatable bonds is 8. The standard InChI is InChI=1S/C19H29ClN4O2/c1-3-21-18(25)14-24(4-2)19(26)15-23-11-9-22(10-12-23)13-16-5-7-17(20)8-6-16/h5-8H,3-4,9-15H2,1-2H3,(H,21,25)/p+2. The van der Waals surface area contributed by atoms with E-state index in [1.807, 2.05) is 26.0 Å². The fraction of sp³-hybridized carbons (Fsp3) is 0.579. The number of nitrogens with zero attached hydrogens (tertiary/aromatic N) is 1. The Morgan fingerprint density at radius 3 is 2.27 bits per heavy atom. The topological polar surface area (TPSA) is 58.3 Å². The molecule has 1 aliphatic heterocycles. The molecule has 3 N–H and O–H groups in total. The molecule has 1 aromatic carbocycles. The van der Waals surface area contributed by atoms with Crippen LogP contribution in [0.2, 0.25) is 5.02 Å². The molecule has 1 aromatic rings. The van der Waals surface area contributed by atoms with Gasteiger partial charge in [0.1, 0.15) is 32.7 Å². The van der Waals surface area contributed by atoms with Crippen molar-refractivity contribution in [2.45, 2.75) is 20.4 Å². The molecular weight excluding hydrogens is 352 g/mol. The molecule has 7 heteroatoms. The third kappa shape index (κ3) is 6.59. The van der Waals surface area contributed by atoms with Gasteiger partial charge < -0.3 is 20.0 Å². The number of hydrogen-bond acceptors (Lipinski definition) is 2. The highest BCUT2D eigenvalue weighted by Crippen LogP contribution is 2.08. The number of carbonyl (C=O) groups is 2. The van der Waals surface area contributed by atoms with Gasteiger partial charge in [0.15, 0.2) is 6.54 Å². The Morgan fingerprint density at radius 1 is 1.08 bits per heavy atom. The first-order valence-corrected chi connectivity index (χ1v) is 9.85. The number of quaternary nitrogens is 2. The zero-order valence-electron chi connectivity index (χ0n) is 15.8. The van der Waals surface area contributed by atoms with Crippen LogP contribution in [0.5, 0.6) is 0 Å². The number of likely N-dealkylation sites (N-methyl/N-ethyl adjacent to an activating group) is 2. The summed E-state index contributed by atoms with van der Waals surface area (Å²) in [5, 5.41) is 3.52. The van der Waals surface area contributed by atoms with E-state index in [1.165, 1.54) is 15.4 Å². The number of benzene rings is 1. The van der Waals surface area contributed by atoms with Crippen LogP contribution in [-0.2, 0) is 16.1 Å². The van der Waals surface area contributed by atoms with E-state index in [-0.39, 0.29) is 18.4 Å². The van der Waals surface area contributed by atoms with Gasteiger partial charge in [-0.15, -0.1) is 0 Å². The molecule has 0 unspecified atom stereocenters. The van der Waals surface area contributed by atoms with Crippen molar-refractivity contribution in [3.8, 4) is 0 Å². The van der Waals surface area contributed by atoms with Gasteiger partial charge in [-0.1, -0.05) is 23.7 Å². The number of halogens is 1. The van der Waals surface area contributed by atoms with Crippen LogP contribution in [0.25, 0.3) is 0 Å². The zero-order chi connectivity index (χ0) is 18.9. The van der Waals surface area contributed by atoms with Gasteiger partial charge in [0.2, 0.25) is 5.91 Å². The van der Waals surface area contributed by atoms with Gasteiger partial charge in [0, 0.05) is 23.7 Å². The monoisotopic (exact) mass is 382 g/mol. The van der Waals surface area contributed by atoms with E-state index in [0.29, 0.717) is 19.6 Å². The smallest absolute Gasteiger partial charge is 0.278 e. The Morgan fingerprint density at radius 2 is 1.69 bits per heavy atom. The van der Waals surface area contributed by atoms with E-state index in [9.17, 15) is 9.59 Å². The molecule has 6 nitrogen and oxygen atoms in total. The lowest BCUT2D eigenvalue weighted by atomic mass is 10.2. The minimum Gasteiger partial charge on any atom is -0.355 e. The van der Waals surface area contributed by atoms with Gasteiger partial charge in [-0.05, 0) is 26.0 Å². The number of amides is 2. The maximum absolute atomic E-state index is 12.5. The SMILES string of the molecule is CCNC(=O)CN(CC)C(=O)C[NH+]1CC[NH+](Cc2ccc(Cl)cc2)CC1. The molecule has 0 bridgehead atoms. The summed E-state index contributed by atoms with van der Waals surface area (Å²) in [5.41, 5.74) is 1.29. The van der Waals surface area contributed by atoms with Crippen LogP contribution in [0.4, 0.5) is 0 Å². The van der Waals surface area contributed by atoms with Crippen molar-refractivity contribution in [3.63, 3.8) is 0 Å². The fourth-order valence-corrected chi connectivity index (χ4v) is 3.46. The molecule has 0 saturated carbocycles. The van der Waals surface area contributed by atoms with Gasteiger partial charge in [-0.2, -0.15) is 0 Å². The second-order valence-electron chi connectivity index (χ2n) is 6.84. The van der Waals surface area contributed by atoms with E-state index in [4.69, 9.17) is 11.6 Å². The maximum Gasteiger partial charge on any atom is 0.278 e. The van der Waals surface area contributed by atoms with E-state index in [2.05, 4.69) is 17.4 Å². The fourth-order valence-electron chi connectivity index (χ4n) is 3.33. The Bertz CT molecular complexity index is 586. The Balaban J connectivity index is 1.75. The predicted octanol–water partition coefficient (Wildman–Crippen LogP) is -1.39. The van der Waals surface area contributed by atoms with Crippen LogP contribution in [0.1, 0.15) is 19.4 Å². The lowest BCUT2D eigenvalue weighted by Crippen LogP contribution is -3.28. The van der Waals surface area contributed by atoms with Crippen LogP contribution in [0, 0.1) is 0 Å². The lowest BCUT2D eigenvalue weighted by Gasteiger charge is -2.30. The van der Waals surface area contributed by atoms with Crippen LogP contribution < -0.4 is 15.1 Å². The molecule has 0 aromatic heterocycles. The van der Waals surface area contributed by atoms with E-state index < -0.39 is 0 Å². The first kappa shape index (κ1) is 20.7. The molecule has 1 aliphatic rings. The number of hydrogen-bond donors (Lipinski definition) is 3. The quantitative estimate of drug-likeness (QED) is 0.518. The van der Waals surface area contributed by atoms with Crippen molar-refractivity contribution in [2.75, 3.05) is 52.4 Å². The Kier molecular flexibility index (Phi) is 8.35.